The Morgan fingerprint density at radius 3 is 2.61 bits per heavy atom. The smallest absolute Gasteiger partial charge is 0.168 e. The number of rotatable bonds is 7. The highest BCUT2D eigenvalue weighted by molar-refractivity contribution is 5.87. The third-order valence-electron chi connectivity index (χ3n) is 13.1. The van der Waals surface area contributed by atoms with Gasteiger partial charge in [0.1, 0.15) is 18.1 Å². The number of hydrogen-bond acceptors (Lipinski definition) is 5. The summed E-state index contributed by atoms with van der Waals surface area (Å²) in [5.41, 5.74) is 1.37. The minimum absolute atomic E-state index is 0.293. The number of benzene rings is 1. The summed E-state index contributed by atoms with van der Waals surface area (Å²) in [6, 6.07) is 9.74. The van der Waals surface area contributed by atoms with Crippen LogP contribution in [-0.4, -0.2) is 37.4 Å². The van der Waals surface area contributed by atoms with Crippen LogP contribution in [-0.2, 0) is 14.3 Å². The molecule has 5 heteroatoms. The lowest BCUT2D eigenvalue weighted by atomic mass is 9.45. The highest BCUT2D eigenvalue weighted by atomic mass is 16.7. The molecular formula is C36H53NO4. The van der Waals surface area contributed by atoms with Crippen molar-refractivity contribution in [1.29, 1.82) is 0 Å². The van der Waals surface area contributed by atoms with Crippen LogP contribution < -0.4 is 10.1 Å². The van der Waals surface area contributed by atoms with Gasteiger partial charge in [-0.3, -0.25) is 4.79 Å². The van der Waals surface area contributed by atoms with Gasteiger partial charge in [0.2, 0.25) is 0 Å². The zero-order chi connectivity index (χ0) is 28.1. The Morgan fingerprint density at radius 1 is 0.976 bits per heavy atom. The molecule has 226 valence electrons. The molecule has 0 aromatic heterocycles. The van der Waals surface area contributed by atoms with Crippen LogP contribution in [0.3, 0.4) is 0 Å². The molecule has 5 nitrogen and oxygen atoms in total. The van der Waals surface area contributed by atoms with Crippen molar-refractivity contribution < 1.29 is 19.0 Å². The predicted molar refractivity (Wildman–Crippen MR) is 161 cm³/mol. The quantitative estimate of drug-likeness (QED) is 0.367. The van der Waals surface area contributed by atoms with Gasteiger partial charge in [0.25, 0.3) is 0 Å². The third-order valence-corrected chi connectivity index (χ3v) is 13.1. The van der Waals surface area contributed by atoms with Crippen molar-refractivity contribution in [2.45, 2.75) is 128 Å². The molecule has 1 aromatic carbocycles. The summed E-state index contributed by atoms with van der Waals surface area (Å²) >= 11 is 0. The van der Waals surface area contributed by atoms with Crippen molar-refractivity contribution in [3.05, 3.63) is 29.8 Å². The van der Waals surface area contributed by atoms with Crippen LogP contribution in [0.15, 0.2) is 24.3 Å². The molecule has 1 N–H and O–H groups in total. The van der Waals surface area contributed by atoms with E-state index in [1.54, 1.807) is 0 Å². The predicted octanol–water partition coefficient (Wildman–Crippen LogP) is 7.77. The zero-order valence-electron chi connectivity index (χ0n) is 25.6. The molecule has 7 rings (SSSR count). The topological polar surface area (TPSA) is 56.8 Å². The number of ketones is 1. The van der Waals surface area contributed by atoms with E-state index in [9.17, 15) is 4.79 Å². The lowest BCUT2D eigenvalue weighted by Crippen LogP contribution is -2.57. The van der Waals surface area contributed by atoms with Crippen LogP contribution in [0.1, 0.15) is 122 Å². The highest BCUT2D eigenvalue weighted by Gasteiger charge is 2.63. The van der Waals surface area contributed by atoms with Gasteiger partial charge in [-0.15, -0.1) is 0 Å². The average molecular weight is 564 g/mol. The van der Waals surface area contributed by atoms with Crippen molar-refractivity contribution in [2.75, 3.05) is 19.8 Å². The summed E-state index contributed by atoms with van der Waals surface area (Å²) in [7, 11) is 0. The molecule has 7 atom stereocenters. The lowest BCUT2D eigenvalue weighted by Gasteiger charge is -2.61. The Morgan fingerprint density at radius 2 is 1.80 bits per heavy atom. The van der Waals surface area contributed by atoms with E-state index in [4.69, 9.17) is 14.2 Å². The summed E-state index contributed by atoms with van der Waals surface area (Å²) in [5, 5.41) is 3.95. The minimum Gasteiger partial charge on any atom is -0.493 e. The minimum atomic E-state index is -0.302. The number of fused-ring (bicyclic) bond motifs is 5. The monoisotopic (exact) mass is 563 g/mol. The Kier molecular flexibility index (Phi) is 7.78. The van der Waals surface area contributed by atoms with E-state index in [2.05, 4.69) is 43.4 Å². The maximum atomic E-state index is 13.7. The van der Waals surface area contributed by atoms with Crippen LogP contribution in [0.25, 0.3) is 0 Å². The Balaban J connectivity index is 1.05. The second-order valence-electron chi connectivity index (χ2n) is 14.9. The van der Waals surface area contributed by atoms with Crippen LogP contribution in [0.5, 0.6) is 5.75 Å². The van der Waals surface area contributed by atoms with Gasteiger partial charge in [-0.05, 0) is 105 Å². The molecule has 0 amide bonds. The number of Topliss-reactive ketones (excluding diaryl/α,β-unsaturated/α-hetero) is 1. The molecular weight excluding hydrogens is 510 g/mol. The summed E-state index contributed by atoms with van der Waals surface area (Å²) in [5.74, 6) is 3.62. The van der Waals surface area contributed by atoms with Gasteiger partial charge in [-0.25, -0.2) is 0 Å². The van der Waals surface area contributed by atoms with E-state index in [0.29, 0.717) is 53.6 Å². The Hall–Kier alpha value is -1.43. The average Bonchev–Trinajstić information content (AvgIpc) is 3.60. The molecule has 5 aliphatic carbocycles. The second kappa shape index (κ2) is 11.2. The Bertz CT molecular complexity index is 1090. The molecule has 5 saturated carbocycles. The normalized spacial score (nSPS) is 39.2. The first-order chi connectivity index (χ1) is 19.9. The second-order valence-corrected chi connectivity index (χ2v) is 14.9. The van der Waals surface area contributed by atoms with E-state index in [-0.39, 0.29) is 11.2 Å². The molecule has 1 heterocycles. The van der Waals surface area contributed by atoms with Crippen molar-refractivity contribution in [3.8, 4) is 5.75 Å². The maximum Gasteiger partial charge on any atom is 0.168 e. The molecule has 5 unspecified atom stereocenters. The molecule has 1 aliphatic heterocycles. The highest BCUT2D eigenvalue weighted by Crippen LogP contribution is 2.66. The van der Waals surface area contributed by atoms with Crippen molar-refractivity contribution in [2.24, 2.45) is 34.5 Å². The molecule has 41 heavy (non-hydrogen) atoms. The van der Waals surface area contributed by atoms with Crippen LogP contribution in [0.4, 0.5) is 0 Å². The molecule has 6 fully saturated rings. The fourth-order valence-corrected chi connectivity index (χ4v) is 10.8. The summed E-state index contributed by atoms with van der Waals surface area (Å²) in [4.78, 5) is 13.7. The SMILES string of the molecule is CCC(NC1CCCCC1)c1cccc(OC[C@]23CCC4C(CCC5CC6(CC[C@@]54C)OCCO6)C2CCC3=O)c1. The number of carbonyl (C=O) groups is 1. The van der Waals surface area contributed by atoms with E-state index in [0.717, 1.165) is 57.5 Å². The van der Waals surface area contributed by atoms with Gasteiger partial charge in [-0.2, -0.15) is 0 Å². The number of carbonyl (C=O) groups excluding carboxylic acids is 1. The van der Waals surface area contributed by atoms with Crippen molar-refractivity contribution in [1.82, 2.24) is 5.32 Å². The first-order valence-electron chi connectivity index (χ1n) is 17.2. The summed E-state index contributed by atoms with van der Waals surface area (Å²) in [6.45, 7) is 6.92. The number of nitrogens with one attached hydrogen (secondary N) is 1. The van der Waals surface area contributed by atoms with Crippen molar-refractivity contribution in [3.63, 3.8) is 0 Å². The summed E-state index contributed by atoms with van der Waals surface area (Å²) in [6.07, 6.45) is 17.5. The van der Waals surface area contributed by atoms with Crippen LogP contribution in [0, 0.1) is 34.5 Å². The van der Waals surface area contributed by atoms with E-state index in [1.807, 2.05) is 0 Å². The van der Waals surface area contributed by atoms with Gasteiger partial charge >= 0.3 is 0 Å². The van der Waals surface area contributed by atoms with E-state index >= 15 is 0 Å². The number of ether oxygens (including phenoxy) is 3. The van der Waals surface area contributed by atoms with E-state index < -0.39 is 0 Å². The largest absolute Gasteiger partial charge is 0.493 e. The standard InChI is InChI=1S/C36H53NO4/c1-3-32(37-27-9-5-4-6-10-27)25-8-7-11-28(22-25)39-24-35-17-16-30-29(31(35)14-15-33(35)38)13-12-26-23-36(40-20-21-41-36)19-18-34(26,30)2/h7-8,11,22,26-27,29-32,37H,3-6,9-10,12-21,23-24H2,1-2H3/t26?,29?,30?,31?,32?,34-,35+/m0/s1. The maximum absolute atomic E-state index is 13.7. The molecule has 6 aliphatic rings. The molecule has 1 saturated heterocycles. The molecule has 1 spiro atoms. The molecule has 0 radical (unpaired) electrons. The van der Waals surface area contributed by atoms with Crippen LogP contribution in [0.2, 0.25) is 0 Å². The summed E-state index contributed by atoms with van der Waals surface area (Å²) < 4.78 is 19.0. The van der Waals surface area contributed by atoms with Gasteiger partial charge < -0.3 is 19.5 Å². The fourth-order valence-electron chi connectivity index (χ4n) is 10.8. The zero-order valence-corrected chi connectivity index (χ0v) is 25.6. The van der Waals surface area contributed by atoms with Gasteiger partial charge in [0.05, 0.1) is 18.6 Å². The molecule has 0 bridgehead atoms. The third kappa shape index (κ3) is 5.00. The fraction of sp³-hybridized carbons (Fsp3) is 0.806. The van der Waals surface area contributed by atoms with Gasteiger partial charge in [0, 0.05) is 31.3 Å². The first-order valence-corrected chi connectivity index (χ1v) is 17.2. The molecule has 1 aromatic rings. The lowest BCUT2D eigenvalue weighted by molar-refractivity contribution is -0.229. The first kappa shape index (κ1) is 28.3. The number of hydrogen-bond donors (Lipinski definition) is 1. The van der Waals surface area contributed by atoms with Crippen molar-refractivity contribution >= 4 is 5.78 Å². The van der Waals surface area contributed by atoms with Gasteiger partial charge in [0.15, 0.2) is 5.79 Å². The van der Waals surface area contributed by atoms with Gasteiger partial charge in [-0.1, -0.05) is 45.2 Å². The van der Waals surface area contributed by atoms with E-state index in [1.165, 1.54) is 63.4 Å². The van der Waals surface area contributed by atoms with Crippen LogP contribution >= 0.6 is 0 Å². The Labute approximate surface area is 247 Å².